The maximum absolute atomic E-state index is 12.5. The van der Waals surface area contributed by atoms with E-state index in [4.69, 9.17) is 0 Å². The number of nitrogens with zero attached hydrogens (tertiary/aromatic N) is 1. The number of alkyl halides is 3. The van der Waals surface area contributed by atoms with E-state index in [2.05, 4.69) is 26.0 Å². The average Bonchev–Trinajstić information content (AvgIpc) is 2.60. The van der Waals surface area contributed by atoms with Crippen molar-refractivity contribution in [2.45, 2.75) is 11.1 Å². The van der Waals surface area contributed by atoms with Gasteiger partial charge in [-0.05, 0) is 48.5 Å². The van der Waals surface area contributed by atoms with Gasteiger partial charge in [0.15, 0.2) is 6.61 Å². The monoisotopic (exact) mass is 480 g/mol. The van der Waals surface area contributed by atoms with E-state index >= 15 is 0 Å². The summed E-state index contributed by atoms with van der Waals surface area (Å²) in [5.74, 6) is -0.614. The van der Waals surface area contributed by atoms with Crippen LogP contribution in [-0.2, 0) is 14.8 Å². The van der Waals surface area contributed by atoms with Gasteiger partial charge in [0.1, 0.15) is 5.75 Å². The van der Waals surface area contributed by atoms with E-state index in [1.165, 1.54) is 43.4 Å². The van der Waals surface area contributed by atoms with Crippen LogP contribution >= 0.6 is 15.9 Å². The molecule has 0 radical (unpaired) electrons. The third-order valence-electron chi connectivity index (χ3n) is 3.43. The first-order chi connectivity index (χ1) is 13.0. The smallest absolute Gasteiger partial charge is 0.422 e. The summed E-state index contributed by atoms with van der Waals surface area (Å²) in [5.41, 5.74) is 0.291. The van der Waals surface area contributed by atoms with Crippen LogP contribution in [0.1, 0.15) is 0 Å². The molecular weight excluding hydrogens is 465 g/mol. The molecule has 2 rings (SSSR count). The Morgan fingerprint density at radius 2 is 1.68 bits per heavy atom. The number of rotatable bonds is 7. The molecule has 1 amide bonds. The van der Waals surface area contributed by atoms with Gasteiger partial charge in [0.05, 0.1) is 11.4 Å². The highest BCUT2D eigenvalue weighted by atomic mass is 79.9. The van der Waals surface area contributed by atoms with E-state index < -0.39 is 35.3 Å². The minimum Gasteiger partial charge on any atom is -0.484 e. The van der Waals surface area contributed by atoms with Gasteiger partial charge in [-0.1, -0.05) is 15.9 Å². The van der Waals surface area contributed by atoms with E-state index in [-0.39, 0.29) is 10.6 Å². The Hall–Kier alpha value is -2.11. The molecule has 2 aromatic rings. The van der Waals surface area contributed by atoms with Crippen molar-refractivity contribution < 1.29 is 31.1 Å². The highest BCUT2D eigenvalue weighted by Crippen LogP contribution is 2.21. The molecule has 0 aliphatic rings. The van der Waals surface area contributed by atoms with Crippen molar-refractivity contribution >= 4 is 37.5 Å². The normalized spacial score (nSPS) is 12.1. The van der Waals surface area contributed by atoms with Gasteiger partial charge in [-0.25, -0.2) is 8.42 Å². The number of hydrogen-bond acceptors (Lipinski definition) is 4. The van der Waals surface area contributed by atoms with Gasteiger partial charge < -0.3 is 10.1 Å². The number of carbonyl (C=O) groups is 1. The molecule has 2 aromatic carbocycles. The molecule has 6 nitrogen and oxygen atoms in total. The van der Waals surface area contributed by atoms with Crippen molar-refractivity contribution in [2.75, 3.05) is 25.5 Å². The largest absolute Gasteiger partial charge is 0.484 e. The number of sulfonamides is 1. The van der Waals surface area contributed by atoms with Gasteiger partial charge in [0.25, 0.3) is 0 Å². The quantitative estimate of drug-likeness (QED) is 0.656. The third kappa shape index (κ3) is 6.50. The molecule has 0 saturated carbocycles. The molecule has 0 fully saturated rings. The summed E-state index contributed by atoms with van der Waals surface area (Å²) in [7, 11) is -2.58. The molecule has 0 spiro atoms. The number of benzene rings is 2. The molecule has 152 valence electrons. The summed E-state index contributed by atoms with van der Waals surface area (Å²) >= 11 is 3.21. The number of ether oxygens (including phenoxy) is 1. The predicted molar refractivity (Wildman–Crippen MR) is 101 cm³/mol. The first-order valence-electron chi connectivity index (χ1n) is 7.79. The Balaban J connectivity index is 1.95. The van der Waals surface area contributed by atoms with Crippen molar-refractivity contribution in [1.29, 1.82) is 0 Å². The molecule has 0 heterocycles. The minimum atomic E-state index is -4.45. The zero-order valence-corrected chi connectivity index (χ0v) is 16.9. The fourth-order valence-electron chi connectivity index (χ4n) is 2.07. The van der Waals surface area contributed by atoms with Gasteiger partial charge in [0.2, 0.25) is 15.9 Å². The first-order valence-corrected chi connectivity index (χ1v) is 10.0. The van der Waals surface area contributed by atoms with Crippen molar-refractivity contribution in [3.63, 3.8) is 0 Å². The van der Waals surface area contributed by atoms with Crippen LogP contribution in [-0.4, -0.2) is 45.0 Å². The Morgan fingerprint density at radius 3 is 2.21 bits per heavy atom. The molecule has 28 heavy (non-hydrogen) atoms. The predicted octanol–water partition coefficient (Wildman–Crippen LogP) is 3.65. The van der Waals surface area contributed by atoms with Gasteiger partial charge in [-0.15, -0.1) is 0 Å². The van der Waals surface area contributed by atoms with Gasteiger partial charge in [0, 0.05) is 17.2 Å². The lowest BCUT2D eigenvalue weighted by Crippen LogP contribution is -2.34. The van der Waals surface area contributed by atoms with Crippen LogP contribution in [0.4, 0.5) is 18.9 Å². The number of amides is 1. The molecule has 0 atom stereocenters. The van der Waals surface area contributed by atoms with Crippen LogP contribution in [0.5, 0.6) is 5.75 Å². The summed E-state index contributed by atoms with van der Waals surface area (Å²) in [4.78, 5) is 12.1. The van der Waals surface area contributed by atoms with Crippen LogP contribution in [0.3, 0.4) is 0 Å². The number of nitrogens with one attached hydrogen (secondary N) is 1. The molecule has 0 saturated heterocycles. The molecule has 0 unspecified atom stereocenters. The van der Waals surface area contributed by atoms with Crippen molar-refractivity contribution in [3.05, 3.63) is 53.0 Å². The first kappa shape index (κ1) is 22.2. The topological polar surface area (TPSA) is 75.7 Å². The fraction of sp³-hybridized carbons (Fsp3) is 0.235. The van der Waals surface area contributed by atoms with Crippen molar-refractivity contribution in [2.24, 2.45) is 0 Å². The van der Waals surface area contributed by atoms with E-state index in [1.807, 2.05) is 0 Å². The maximum Gasteiger partial charge on any atom is 0.422 e. The zero-order valence-electron chi connectivity index (χ0n) is 14.5. The van der Waals surface area contributed by atoms with Crippen molar-refractivity contribution in [1.82, 2.24) is 4.31 Å². The van der Waals surface area contributed by atoms with E-state index in [9.17, 15) is 26.4 Å². The summed E-state index contributed by atoms with van der Waals surface area (Å²) in [6, 6.07) is 11.2. The summed E-state index contributed by atoms with van der Waals surface area (Å²) in [6.07, 6.45) is -4.45. The minimum absolute atomic E-state index is 0.00902. The molecule has 0 aromatic heterocycles. The van der Waals surface area contributed by atoms with Gasteiger partial charge in [-0.3, -0.25) is 4.79 Å². The Labute approximate surface area is 168 Å². The second kappa shape index (κ2) is 8.93. The lowest BCUT2D eigenvalue weighted by Gasteiger charge is -2.17. The number of anilines is 1. The number of hydrogen-bond donors (Lipinski definition) is 1. The second-order valence-corrected chi connectivity index (χ2v) is 8.65. The Kier molecular flexibility index (Phi) is 7.07. The van der Waals surface area contributed by atoms with Crippen molar-refractivity contribution in [3.8, 4) is 5.75 Å². The molecule has 0 bridgehead atoms. The summed E-state index contributed by atoms with van der Waals surface area (Å²) in [6.45, 7) is -1.86. The van der Waals surface area contributed by atoms with E-state index in [0.717, 1.165) is 8.78 Å². The van der Waals surface area contributed by atoms with Crippen LogP contribution < -0.4 is 10.1 Å². The third-order valence-corrected chi connectivity index (χ3v) is 5.77. The lowest BCUT2D eigenvalue weighted by atomic mass is 10.3. The molecule has 11 heteroatoms. The summed E-state index contributed by atoms with van der Waals surface area (Å²) in [5, 5.41) is 2.47. The number of likely N-dealkylation sites (N-methyl/N-ethyl adjacent to an activating group) is 1. The number of carbonyl (C=O) groups excluding carboxylic acids is 1. The Bertz CT molecular complexity index is 917. The van der Waals surface area contributed by atoms with Crippen LogP contribution in [0.15, 0.2) is 57.9 Å². The lowest BCUT2D eigenvalue weighted by molar-refractivity contribution is -0.153. The second-order valence-electron chi connectivity index (χ2n) is 5.69. The highest BCUT2D eigenvalue weighted by Gasteiger charge is 2.28. The van der Waals surface area contributed by atoms with Crippen LogP contribution in [0, 0.1) is 0 Å². The molecule has 0 aliphatic carbocycles. The average molecular weight is 481 g/mol. The highest BCUT2D eigenvalue weighted by molar-refractivity contribution is 9.10. The Morgan fingerprint density at radius 1 is 1.11 bits per heavy atom. The molecular formula is C17H16BrF3N2O4S. The van der Waals surface area contributed by atoms with Crippen LogP contribution in [0.25, 0.3) is 0 Å². The molecule has 0 aliphatic heterocycles. The molecule has 1 N–H and O–H groups in total. The fourth-order valence-corrected chi connectivity index (χ4v) is 3.47. The standard InChI is InChI=1S/C17H16BrF3N2O4S/c1-23(28(25,26)15-8-2-12(18)3-9-15)10-16(24)22-13-4-6-14(7-5-13)27-11-17(19,20)21/h2-9H,10-11H2,1H3,(H,22,24). The van der Waals surface area contributed by atoms with E-state index in [1.54, 1.807) is 12.1 Å². The summed E-state index contributed by atoms with van der Waals surface area (Å²) < 4.78 is 67.4. The zero-order chi connectivity index (χ0) is 20.9. The van der Waals surface area contributed by atoms with Gasteiger partial charge in [-0.2, -0.15) is 17.5 Å². The van der Waals surface area contributed by atoms with E-state index in [0.29, 0.717) is 5.69 Å². The van der Waals surface area contributed by atoms with Gasteiger partial charge >= 0.3 is 6.18 Å². The maximum atomic E-state index is 12.5. The number of halogens is 4. The van der Waals surface area contributed by atoms with Crippen LogP contribution in [0.2, 0.25) is 0 Å². The SMILES string of the molecule is CN(CC(=O)Nc1ccc(OCC(F)(F)F)cc1)S(=O)(=O)c1ccc(Br)cc1.